The maximum Gasteiger partial charge on any atom is 0.297 e. The first-order valence-electron chi connectivity index (χ1n) is 11.4. The van der Waals surface area contributed by atoms with E-state index in [4.69, 9.17) is 31.9 Å². The summed E-state index contributed by atoms with van der Waals surface area (Å²) in [6.45, 7) is 3.11. The molecule has 1 spiro atoms. The smallest absolute Gasteiger partial charge is 0.297 e. The third-order valence-electron chi connectivity index (χ3n) is 6.73. The summed E-state index contributed by atoms with van der Waals surface area (Å²) < 4.78 is 37.6. The van der Waals surface area contributed by atoms with E-state index in [1.807, 2.05) is 4.72 Å². The van der Waals surface area contributed by atoms with Crippen molar-refractivity contribution < 1.29 is 26.8 Å². The largest absolute Gasteiger partial charge is 0.439 e. The Morgan fingerprint density at radius 3 is 2.44 bits per heavy atom. The molecule has 2 aliphatic carbocycles. The number of benzene rings is 1. The Balaban J connectivity index is 1.20. The highest BCUT2D eigenvalue weighted by molar-refractivity contribution is 7.89. The SMILES string of the molecule is CC(C)C(=O)NS(=O)(=O)c1ccc(C(=O)NC2(N)CC3(C2)CC(N)(c2nc4cc(Cl)ccc4o2)C3)o1. The molecule has 2 amide bonds. The van der Waals surface area contributed by atoms with Crippen molar-refractivity contribution >= 4 is 44.5 Å². The predicted octanol–water partition coefficient (Wildman–Crippen LogP) is 2.35. The van der Waals surface area contributed by atoms with Gasteiger partial charge in [-0.15, -0.1) is 0 Å². The van der Waals surface area contributed by atoms with Crippen LogP contribution >= 0.6 is 11.6 Å². The number of fused-ring (bicyclic) bond motifs is 1. The van der Waals surface area contributed by atoms with E-state index in [1.165, 1.54) is 6.07 Å². The summed E-state index contributed by atoms with van der Waals surface area (Å²) >= 11 is 6.02. The number of carbonyl (C=O) groups is 2. The number of nitrogens with one attached hydrogen (secondary N) is 2. The summed E-state index contributed by atoms with van der Waals surface area (Å²) in [5.74, 6) is -1.67. The van der Waals surface area contributed by atoms with Crippen molar-refractivity contribution in [2.24, 2.45) is 22.8 Å². The summed E-state index contributed by atoms with van der Waals surface area (Å²) in [5, 5.41) is 2.74. The van der Waals surface area contributed by atoms with Crippen LogP contribution in [0, 0.1) is 11.3 Å². The van der Waals surface area contributed by atoms with E-state index in [2.05, 4.69) is 10.3 Å². The van der Waals surface area contributed by atoms with Crippen LogP contribution < -0.4 is 21.5 Å². The topological polar surface area (TPSA) is 184 Å². The molecule has 192 valence electrons. The van der Waals surface area contributed by atoms with E-state index >= 15 is 0 Å². The lowest BCUT2D eigenvalue weighted by Gasteiger charge is -2.64. The monoisotopic (exact) mass is 535 g/mol. The van der Waals surface area contributed by atoms with E-state index in [9.17, 15) is 18.0 Å². The lowest BCUT2D eigenvalue weighted by atomic mass is 9.45. The van der Waals surface area contributed by atoms with Crippen LogP contribution in [0.1, 0.15) is 56.0 Å². The molecule has 0 aliphatic heterocycles. The number of oxazole rings is 1. The van der Waals surface area contributed by atoms with Crippen LogP contribution in [0.5, 0.6) is 0 Å². The van der Waals surface area contributed by atoms with E-state index in [-0.39, 0.29) is 11.2 Å². The first-order valence-corrected chi connectivity index (χ1v) is 13.2. The average Bonchev–Trinajstić information content (AvgIpc) is 3.39. The van der Waals surface area contributed by atoms with Gasteiger partial charge >= 0.3 is 0 Å². The first-order chi connectivity index (χ1) is 16.7. The van der Waals surface area contributed by atoms with Crippen LogP contribution in [-0.2, 0) is 20.4 Å². The molecule has 2 aliphatic rings. The molecule has 0 atom stereocenters. The van der Waals surface area contributed by atoms with Gasteiger partial charge in [0, 0.05) is 10.9 Å². The molecule has 2 heterocycles. The fraction of sp³-hybridized carbons (Fsp3) is 0.435. The molecule has 11 nitrogen and oxygen atoms in total. The molecule has 0 bridgehead atoms. The quantitative estimate of drug-likeness (QED) is 0.344. The van der Waals surface area contributed by atoms with Gasteiger partial charge in [0.15, 0.2) is 11.3 Å². The maximum absolute atomic E-state index is 12.7. The van der Waals surface area contributed by atoms with Crippen LogP contribution in [0.2, 0.25) is 5.02 Å². The summed E-state index contributed by atoms with van der Waals surface area (Å²) in [6.07, 6.45) is 2.14. The molecule has 0 radical (unpaired) electrons. The van der Waals surface area contributed by atoms with Gasteiger partial charge in [-0.3, -0.25) is 9.59 Å². The fourth-order valence-corrected chi connectivity index (χ4v) is 6.57. The molecule has 36 heavy (non-hydrogen) atoms. The van der Waals surface area contributed by atoms with E-state index in [1.54, 1.807) is 32.0 Å². The molecule has 0 saturated heterocycles. The predicted molar refractivity (Wildman–Crippen MR) is 129 cm³/mol. The Bertz CT molecular complexity index is 1480. The van der Waals surface area contributed by atoms with Gasteiger partial charge in [-0.2, -0.15) is 8.42 Å². The average molecular weight is 536 g/mol. The summed E-state index contributed by atoms with van der Waals surface area (Å²) in [4.78, 5) is 28.9. The van der Waals surface area contributed by atoms with Crippen molar-refractivity contribution in [2.75, 3.05) is 0 Å². The van der Waals surface area contributed by atoms with Gasteiger partial charge in [-0.05, 0) is 61.4 Å². The van der Waals surface area contributed by atoms with Crippen molar-refractivity contribution in [2.45, 2.75) is 55.8 Å². The van der Waals surface area contributed by atoms with E-state index < -0.39 is 44.0 Å². The Hall–Kier alpha value is -2.93. The third kappa shape index (κ3) is 4.27. The number of carbonyl (C=O) groups excluding carboxylic acids is 2. The lowest BCUT2D eigenvalue weighted by Crippen LogP contribution is -2.73. The van der Waals surface area contributed by atoms with Crippen molar-refractivity contribution in [3.05, 3.63) is 47.0 Å². The Morgan fingerprint density at radius 1 is 1.08 bits per heavy atom. The zero-order valence-electron chi connectivity index (χ0n) is 19.6. The molecule has 2 saturated carbocycles. The number of aromatic nitrogens is 1. The van der Waals surface area contributed by atoms with Gasteiger partial charge in [-0.1, -0.05) is 25.4 Å². The summed E-state index contributed by atoms with van der Waals surface area (Å²) in [5.41, 5.74) is 12.3. The van der Waals surface area contributed by atoms with Gasteiger partial charge in [0.2, 0.25) is 16.9 Å². The molecule has 2 aromatic heterocycles. The van der Waals surface area contributed by atoms with Crippen LogP contribution in [0.4, 0.5) is 0 Å². The van der Waals surface area contributed by atoms with Crippen molar-refractivity contribution in [3.63, 3.8) is 0 Å². The molecule has 5 rings (SSSR count). The standard InChI is InChI=1S/C23H26ClN5O6S/c1-12(2)18(30)29-36(32,33)17-6-5-16(34-17)19(31)28-23(26)10-21(11-23)8-22(25,9-21)20-27-14-7-13(24)3-4-15(14)35-20/h3-7,12H,8-11,25-26H2,1-2H3,(H,28,31)(H,29,30). The highest BCUT2D eigenvalue weighted by Gasteiger charge is 2.65. The van der Waals surface area contributed by atoms with Crippen molar-refractivity contribution in [1.29, 1.82) is 0 Å². The highest BCUT2D eigenvalue weighted by atomic mass is 35.5. The molecule has 13 heteroatoms. The molecule has 6 N–H and O–H groups in total. The number of hydrogen-bond acceptors (Lipinski definition) is 9. The minimum atomic E-state index is -4.23. The fourth-order valence-electron chi connectivity index (χ4n) is 5.35. The number of rotatable bonds is 6. The van der Waals surface area contributed by atoms with Crippen LogP contribution in [0.15, 0.2) is 44.3 Å². The first kappa shape index (κ1) is 24.8. The molecule has 0 unspecified atom stereocenters. The maximum atomic E-state index is 12.7. The van der Waals surface area contributed by atoms with Gasteiger partial charge in [0.05, 0.1) is 11.2 Å². The zero-order chi connectivity index (χ0) is 26.1. The van der Waals surface area contributed by atoms with Gasteiger partial charge in [0.1, 0.15) is 5.52 Å². The number of sulfonamides is 1. The van der Waals surface area contributed by atoms with Gasteiger partial charge in [-0.25, -0.2) is 9.71 Å². The second-order valence-corrected chi connectivity index (χ2v) is 12.4. The molecule has 3 aromatic rings. The van der Waals surface area contributed by atoms with E-state index in [0.29, 0.717) is 47.7 Å². The van der Waals surface area contributed by atoms with Crippen molar-refractivity contribution in [3.8, 4) is 0 Å². The molecular formula is C23H26ClN5O6S. The van der Waals surface area contributed by atoms with E-state index in [0.717, 1.165) is 6.07 Å². The van der Waals surface area contributed by atoms with Crippen LogP contribution in [0.3, 0.4) is 0 Å². The van der Waals surface area contributed by atoms with Gasteiger partial charge in [0.25, 0.3) is 15.9 Å². The second kappa shape index (κ2) is 8.04. The lowest BCUT2D eigenvalue weighted by molar-refractivity contribution is -0.122. The highest BCUT2D eigenvalue weighted by Crippen LogP contribution is 2.64. The number of amides is 2. The van der Waals surface area contributed by atoms with Crippen molar-refractivity contribution in [1.82, 2.24) is 15.0 Å². The number of halogens is 1. The number of nitrogens with two attached hydrogens (primary N) is 2. The molecule has 1 aromatic carbocycles. The summed E-state index contributed by atoms with van der Waals surface area (Å²) in [7, 11) is -4.23. The Morgan fingerprint density at radius 2 is 1.78 bits per heavy atom. The van der Waals surface area contributed by atoms with Crippen LogP contribution in [0.25, 0.3) is 11.1 Å². The molecular weight excluding hydrogens is 510 g/mol. The molecule has 2 fully saturated rings. The summed E-state index contributed by atoms with van der Waals surface area (Å²) in [6, 6.07) is 7.52. The minimum absolute atomic E-state index is 0.159. The normalized spacial score (nSPS) is 27.6. The number of hydrogen-bond donors (Lipinski definition) is 4. The third-order valence-corrected chi connectivity index (χ3v) is 8.18. The number of furan rings is 1. The second-order valence-electron chi connectivity index (χ2n) is 10.3. The minimum Gasteiger partial charge on any atom is -0.439 e. The zero-order valence-corrected chi connectivity index (χ0v) is 21.2. The Kier molecular flexibility index (Phi) is 5.52. The number of nitrogens with zero attached hydrogens (tertiary/aromatic N) is 1. The van der Waals surface area contributed by atoms with Crippen LogP contribution in [-0.4, -0.2) is 30.9 Å². The van der Waals surface area contributed by atoms with Gasteiger partial charge < -0.3 is 25.6 Å². The Labute approximate surface area is 212 Å².